The topological polar surface area (TPSA) is 146 Å². The van der Waals surface area contributed by atoms with Crippen molar-refractivity contribution in [3.8, 4) is 11.8 Å². The largest absolute Gasteiger partial charge is 0.490 e. The minimum atomic E-state index is -0.658. The zero-order chi connectivity index (χ0) is 28.3. The minimum Gasteiger partial charge on any atom is -0.490 e. The van der Waals surface area contributed by atoms with Crippen LogP contribution in [0, 0.1) is 10.1 Å². The first-order valence-electron chi connectivity index (χ1n) is 13.3. The van der Waals surface area contributed by atoms with Gasteiger partial charge in [-0.05, 0) is 56.1 Å². The SMILES string of the molecule is CCOC(=O)CN(Cc1cccc(CN2CCCC2)c1)c1nc(OCCOc2ccccc2)nc(N)c1[N+](=O)[O-]. The molecule has 12 nitrogen and oxygen atoms in total. The van der Waals surface area contributed by atoms with E-state index in [1.54, 1.807) is 6.92 Å². The molecule has 0 aliphatic carbocycles. The Morgan fingerprint density at radius 2 is 1.77 bits per heavy atom. The van der Waals surface area contributed by atoms with E-state index >= 15 is 0 Å². The van der Waals surface area contributed by atoms with Gasteiger partial charge in [-0.25, -0.2) is 0 Å². The van der Waals surface area contributed by atoms with E-state index in [2.05, 4.69) is 14.9 Å². The number of para-hydroxylation sites is 1. The lowest BCUT2D eigenvalue weighted by Crippen LogP contribution is -2.32. The second-order valence-electron chi connectivity index (χ2n) is 9.30. The zero-order valence-electron chi connectivity index (χ0n) is 22.5. The number of nitrogens with two attached hydrogens (primary N) is 1. The van der Waals surface area contributed by atoms with Gasteiger partial charge in [0.1, 0.15) is 25.5 Å². The van der Waals surface area contributed by atoms with E-state index in [1.165, 1.54) is 17.7 Å². The molecule has 2 heterocycles. The smallest absolute Gasteiger partial charge is 0.353 e. The highest BCUT2D eigenvalue weighted by Gasteiger charge is 2.30. The zero-order valence-corrected chi connectivity index (χ0v) is 22.5. The highest BCUT2D eigenvalue weighted by molar-refractivity contribution is 5.78. The van der Waals surface area contributed by atoms with Crippen LogP contribution in [-0.2, 0) is 22.6 Å². The molecule has 1 saturated heterocycles. The van der Waals surface area contributed by atoms with Crippen molar-refractivity contribution in [3.05, 3.63) is 75.8 Å². The number of nitrogens with zero attached hydrogens (tertiary/aromatic N) is 5. The average molecular weight is 551 g/mol. The van der Waals surface area contributed by atoms with Crippen LogP contribution in [0.25, 0.3) is 0 Å². The summed E-state index contributed by atoms with van der Waals surface area (Å²) >= 11 is 0. The van der Waals surface area contributed by atoms with Crippen LogP contribution in [0.5, 0.6) is 11.8 Å². The number of anilines is 2. The van der Waals surface area contributed by atoms with E-state index in [4.69, 9.17) is 19.9 Å². The fraction of sp³-hybridized carbons (Fsp3) is 0.393. The van der Waals surface area contributed by atoms with Gasteiger partial charge in [-0.15, -0.1) is 0 Å². The highest BCUT2D eigenvalue weighted by Crippen LogP contribution is 2.33. The van der Waals surface area contributed by atoms with Crippen molar-refractivity contribution in [2.45, 2.75) is 32.9 Å². The Kier molecular flexibility index (Phi) is 10.1. The van der Waals surface area contributed by atoms with Crippen LogP contribution in [-0.4, -0.2) is 65.2 Å². The van der Waals surface area contributed by atoms with Gasteiger partial charge in [0.15, 0.2) is 0 Å². The number of nitro groups is 1. The molecule has 1 aromatic heterocycles. The van der Waals surface area contributed by atoms with Crippen LogP contribution in [0.3, 0.4) is 0 Å². The van der Waals surface area contributed by atoms with Gasteiger partial charge in [0, 0.05) is 13.1 Å². The number of aromatic nitrogens is 2. The molecule has 0 saturated carbocycles. The summed E-state index contributed by atoms with van der Waals surface area (Å²) in [6.45, 7) is 4.93. The van der Waals surface area contributed by atoms with Crippen LogP contribution in [0.2, 0.25) is 0 Å². The lowest BCUT2D eigenvalue weighted by atomic mass is 10.1. The summed E-state index contributed by atoms with van der Waals surface area (Å²) in [5.74, 6) is -0.385. The van der Waals surface area contributed by atoms with E-state index in [-0.39, 0.29) is 50.6 Å². The molecule has 0 amide bonds. The second kappa shape index (κ2) is 14.1. The Hall–Kier alpha value is -4.45. The summed E-state index contributed by atoms with van der Waals surface area (Å²) in [6, 6.07) is 17.0. The van der Waals surface area contributed by atoms with Crippen LogP contribution in [0.4, 0.5) is 17.3 Å². The number of benzene rings is 2. The number of esters is 1. The maximum Gasteiger partial charge on any atom is 0.353 e. The lowest BCUT2D eigenvalue weighted by Gasteiger charge is -2.24. The minimum absolute atomic E-state index is 0.0714. The Morgan fingerprint density at radius 3 is 2.50 bits per heavy atom. The van der Waals surface area contributed by atoms with E-state index in [0.717, 1.165) is 30.8 Å². The van der Waals surface area contributed by atoms with Gasteiger partial charge in [0.2, 0.25) is 11.6 Å². The molecule has 1 fully saturated rings. The normalized spacial score (nSPS) is 13.1. The Balaban J connectivity index is 1.57. The third-order valence-corrected chi connectivity index (χ3v) is 6.28. The number of hydrogen-bond donors (Lipinski definition) is 1. The third kappa shape index (κ3) is 8.03. The van der Waals surface area contributed by atoms with Gasteiger partial charge >= 0.3 is 17.7 Å². The number of carbonyl (C=O) groups excluding carboxylic acids is 1. The van der Waals surface area contributed by atoms with Crippen molar-refractivity contribution in [2.24, 2.45) is 0 Å². The molecule has 12 heteroatoms. The van der Waals surface area contributed by atoms with Gasteiger partial charge in [-0.2, -0.15) is 9.97 Å². The summed E-state index contributed by atoms with van der Waals surface area (Å²) in [4.78, 5) is 36.1. The van der Waals surface area contributed by atoms with Crippen molar-refractivity contribution in [1.29, 1.82) is 0 Å². The average Bonchev–Trinajstić information content (AvgIpc) is 3.44. The van der Waals surface area contributed by atoms with E-state index in [1.807, 2.05) is 54.6 Å². The summed E-state index contributed by atoms with van der Waals surface area (Å²) in [5, 5.41) is 12.0. The number of nitrogen functional groups attached to an aromatic ring is 1. The van der Waals surface area contributed by atoms with Crippen molar-refractivity contribution < 1.29 is 23.9 Å². The third-order valence-electron chi connectivity index (χ3n) is 6.28. The first-order valence-corrected chi connectivity index (χ1v) is 13.3. The second-order valence-corrected chi connectivity index (χ2v) is 9.30. The molecule has 1 aliphatic heterocycles. The molecule has 2 aromatic carbocycles. The summed E-state index contributed by atoms with van der Waals surface area (Å²) in [7, 11) is 0. The van der Waals surface area contributed by atoms with Crippen molar-refractivity contribution in [2.75, 3.05) is 50.1 Å². The Morgan fingerprint density at radius 1 is 1.05 bits per heavy atom. The number of rotatable bonds is 14. The highest BCUT2D eigenvalue weighted by atomic mass is 16.6. The molecule has 0 bridgehead atoms. The van der Waals surface area contributed by atoms with E-state index < -0.39 is 16.6 Å². The molecule has 4 rings (SSSR count). The Labute approximate surface area is 232 Å². The molecule has 40 heavy (non-hydrogen) atoms. The predicted octanol–water partition coefficient (Wildman–Crippen LogP) is 3.59. The number of ether oxygens (including phenoxy) is 3. The predicted molar refractivity (Wildman–Crippen MR) is 149 cm³/mol. The standard InChI is InChI=1S/C28H34N6O6/c1-2-38-24(35)20-33(19-22-10-8-9-21(17-22)18-32-13-6-7-14-32)27-25(34(36)37)26(29)30-28(31-27)40-16-15-39-23-11-4-3-5-12-23/h3-5,8-12,17H,2,6-7,13-16,18-20H2,1H3,(H2,29,30,31). The van der Waals surface area contributed by atoms with Crippen molar-refractivity contribution in [3.63, 3.8) is 0 Å². The van der Waals surface area contributed by atoms with E-state index in [0.29, 0.717) is 5.75 Å². The maximum atomic E-state index is 12.5. The van der Waals surface area contributed by atoms with Crippen LogP contribution in [0.1, 0.15) is 30.9 Å². The molecule has 212 valence electrons. The number of carbonyl (C=O) groups is 1. The first kappa shape index (κ1) is 28.6. The van der Waals surface area contributed by atoms with Crippen LogP contribution < -0.4 is 20.1 Å². The number of likely N-dealkylation sites (tertiary alicyclic amines) is 1. The fourth-order valence-electron chi connectivity index (χ4n) is 4.52. The molecule has 0 atom stereocenters. The van der Waals surface area contributed by atoms with Gasteiger partial charge in [-0.3, -0.25) is 19.8 Å². The monoisotopic (exact) mass is 550 g/mol. The molecule has 0 spiro atoms. The van der Waals surface area contributed by atoms with Crippen molar-refractivity contribution in [1.82, 2.24) is 14.9 Å². The van der Waals surface area contributed by atoms with Gasteiger partial charge in [0.25, 0.3) is 0 Å². The van der Waals surface area contributed by atoms with Gasteiger partial charge in [-0.1, -0.05) is 42.5 Å². The number of hydrogen-bond acceptors (Lipinski definition) is 11. The van der Waals surface area contributed by atoms with Crippen LogP contribution in [0.15, 0.2) is 54.6 Å². The molecule has 1 aliphatic rings. The summed E-state index contributed by atoms with van der Waals surface area (Å²) in [5.41, 5.74) is 7.47. The van der Waals surface area contributed by atoms with Crippen LogP contribution >= 0.6 is 0 Å². The molecule has 2 N–H and O–H groups in total. The Bertz CT molecular complexity index is 1290. The lowest BCUT2D eigenvalue weighted by molar-refractivity contribution is -0.383. The van der Waals surface area contributed by atoms with Gasteiger partial charge in [0.05, 0.1) is 11.5 Å². The molecular weight excluding hydrogens is 516 g/mol. The summed E-state index contributed by atoms with van der Waals surface area (Å²) in [6.07, 6.45) is 2.38. The molecular formula is C28H34N6O6. The summed E-state index contributed by atoms with van der Waals surface area (Å²) < 4.78 is 16.4. The quantitative estimate of drug-likeness (QED) is 0.136. The molecule has 0 unspecified atom stereocenters. The van der Waals surface area contributed by atoms with Crippen molar-refractivity contribution >= 4 is 23.3 Å². The maximum absolute atomic E-state index is 12.5. The molecule has 0 radical (unpaired) electrons. The first-order chi connectivity index (χ1) is 19.4. The van der Waals surface area contributed by atoms with E-state index in [9.17, 15) is 14.9 Å². The molecule has 3 aromatic rings. The fourth-order valence-corrected chi connectivity index (χ4v) is 4.52. The van der Waals surface area contributed by atoms with Gasteiger partial charge < -0.3 is 24.8 Å².